The van der Waals surface area contributed by atoms with Crippen LogP contribution in [0.2, 0.25) is 0 Å². The van der Waals surface area contributed by atoms with E-state index < -0.39 is 0 Å². The fraction of sp³-hybridized carbons (Fsp3) is 0.304. The van der Waals surface area contributed by atoms with Crippen molar-refractivity contribution in [1.82, 2.24) is 4.90 Å². The van der Waals surface area contributed by atoms with E-state index >= 15 is 0 Å². The highest BCUT2D eigenvalue weighted by atomic mass is 32.2. The molecule has 1 saturated heterocycles. The molecule has 2 aromatic carbocycles. The average molecular weight is 444 g/mol. The first-order valence-electron chi connectivity index (χ1n) is 9.61. The number of rotatable bonds is 8. The standard InChI is InChI=1S/C23H25NO4S2/c1-15-6-8-18(12-16(15)2)27-10-5-11-28-19-9-7-17(13-20(19)26-4)14-21-22(25)24(3)23(29)30-21/h6-9,12-14H,5,10-11H2,1-4H3. The Morgan fingerprint density at radius 1 is 1.03 bits per heavy atom. The zero-order valence-electron chi connectivity index (χ0n) is 17.6. The predicted molar refractivity (Wildman–Crippen MR) is 125 cm³/mol. The van der Waals surface area contributed by atoms with Gasteiger partial charge in [-0.1, -0.05) is 36.1 Å². The quantitative estimate of drug-likeness (QED) is 0.325. The molecule has 0 unspecified atom stereocenters. The monoisotopic (exact) mass is 443 g/mol. The third-order valence-corrected chi connectivity index (χ3v) is 6.25. The molecule has 1 aliphatic rings. The summed E-state index contributed by atoms with van der Waals surface area (Å²) in [6.07, 6.45) is 2.56. The van der Waals surface area contributed by atoms with Crippen LogP contribution in [0.25, 0.3) is 6.08 Å². The van der Waals surface area contributed by atoms with E-state index in [0.29, 0.717) is 33.9 Å². The van der Waals surface area contributed by atoms with Gasteiger partial charge < -0.3 is 14.2 Å². The molecule has 1 fully saturated rings. The summed E-state index contributed by atoms with van der Waals surface area (Å²) in [4.78, 5) is 14.2. The minimum atomic E-state index is -0.0898. The van der Waals surface area contributed by atoms with Crippen molar-refractivity contribution in [2.24, 2.45) is 0 Å². The zero-order chi connectivity index (χ0) is 21.7. The maximum atomic E-state index is 12.2. The highest BCUT2D eigenvalue weighted by molar-refractivity contribution is 8.26. The number of methoxy groups -OCH3 is 1. The Hall–Kier alpha value is -2.51. The van der Waals surface area contributed by atoms with E-state index in [-0.39, 0.29) is 5.91 Å². The molecule has 7 heteroatoms. The van der Waals surface area contributed by atoms with E-state index in [2.05, 4.69) is 19.9 Å². The van der Waals surface area contributed by atoms with E-state index in [4.69, 9.17) is 26.4 Å². The van der Waals surface area contributed by atoms with Gasteiger partial charge in [-0.3, -0.25) is 9.69 Å². The molecular formula is C23H25NO4S2. The molecular weight excluding hydrogens is 418 g/mol. The lowest BCUT2D eigenvalue weighted by Crippen LogP contribution is -2.22. The van der Waals surface area contributed by atoms with Crippen LogP contribution in [0.5, 0.6) is 17.2 Å². The molecule has 1 heterocycles. The van der Waals surface area contributed by atoms with Gasteiger partial charge in [0.05, 0.1) is 25.2 Å². The van der Waals surface area contributed by atoms with Crippen LogP contribution in [0.3, 0.4) is 0 Å². The van der Waals surface area contributed by atoms with Crippen LogP contribution in [-0.2, 0) is 4.79 Å². The zero-order valence-corrected chi connectivity index (χ0v) is 19.2. The molecule has 5 nitrogen and oxygen atoms in total. The molecule has 1 amide bonds. The number of nitrogens with zero attached hydrogens (tertiary/aromatic N) is 1. The number of amides is 1. The Balaban J connectivity index is 1.54. The van der Waals surface area contributed by atoms with E-state index in [0.717, 1.165) is 17.7 Å². The van der Waals surface area contributed by atoms with Crippen molar-refractivity contribution in [3.05, 3.63) is 58.0 Å². The average Bonchev–Trinajstić information content (AvgIpc) is 2.97. The Morgan fingerprint density at radius 2 is 1.80 bits per heavy atom. The van der Waals surface area contributed by atoms with Gasteiger partial charge in [-0.15, -0.1) is 0 Å². The molecule has 0 aromatic heterocycles. The molecule has 0 saturated carbocycles. The number of thiocarbonyl (C=S) groups is 1. The number of hydrogen-bond donors (Lipinski definition) is 0. The van der Waals surface area contributed by atoms with Crippen LogP contribution in [-0.4, -0.2) is 42.5 Å². The summed E-state index contributed by atoms with van der Waals surface area (Å²) in [6.45, 7) is 5.24. The predicted octanol–water partition coefficient (Wildman–Crippen LogP) is 4.99. The van der Waals surface area contributed by atoms with Crippen LogP contribution in [0.15, 0.2) is 41.3 Å². The van der Waals surface area contributed by atoms with Gasteiger partial charge in [-0.25, -0.2) is 0 Å². The van der Waals surface area contributed by atoms with Crippen LogP contribution < -0.4 is 14.2 Å². The highest BCUT2D eigenvalue weighted by Gasteiger charge is 2.28. The van der Waals surface area contributed by atoms with Crippen molar-refractivity contribution < 1.29 is 19.0 Å². The number of carbonyl (C=O) groups excluding carboxylic acids is 1. The molecule has 0 bridgehead atoms. The third-order valence-electron chi connectivity index (χ3n) is 4.77. The van der Waals surface area contributed by atoms with Gasteiger partial charge in [0.25, 0.3) is 5.91 Å². The first-order chi connectivity index (χ1) is 14.4. The normalized spacial score (nSPS) is 15.1. The fourth-order valence-electron chi connectivity index (χ4n) is 2.82. The van der Waals surface area contributed by atoms with Crippen LogP contribution >= 0.6 is 24.0 Å². The van der Waals surface area contributed by atoms with Crippen LogP contribution in [0.1, 0.15) is 23.1 Å². The van der Waals surface area contributed by atoms with Gasteiger partial charge >= 0.3 is 0 Å². The molecule has 0 radical (unpaired) electrons. The molecule has 0 N–H and O–H groups in total. The van der Waals surface area contributed by atoms with Gasteiger partial charge in [-0.2, -0.15) is 0 Å². The minimum absolute atomic E-state index is 0.0898. The molecule has 3 rings (SSSR count). The number of benzene rings is 2. The third kappa shape index (κ3) is 5.34. The number of carbonyl (C=O) groups is 1. The first kappa shape index (κ1) is 22.2. The number of hydrogen-bond acceptors (Lipinski definition) is 6. The Kier molecular flexibility index (Phi) is 7.39. The number of thioether (sulfide) groups is 1. The van der Waals surface area contributed by atoms with Crippen molar-refractivity contribution in [3.8, 4) is 17.2 Å². The second-order valence-electron chi connectivity index (χ2n) is 6.95. The molecule has 158 valence electrons. The number of aryl methyl sites for hydroxylation is 2. The van der Waals surface area contributed by atoms with Crippen LogP contribution in [0, 0.1) is 13.8 Å². The summed E-state index contributed by atoms with van der Waals surface area (Å²) in [5.74, 6) is 2.06. The van der Waals surface area contributed by atoms with Crippen molar-refractivity contribution >= 4 is 40.3 Å². The van der Waals surface area contributed by atoms with E-state index in [1.165, 1.54) is 27.8 Å². The second-order valence-corrected chi connectivity index (χ2v) is 8.62. The highest BCUT2D eigenvalue weighted by Crippen LogP contribution is 2.34. The molecule has 0 spiro atoms. The Labute approximate surface area is 187 Å². The molecule has 0 aliphatic carbocycles. The second kappa shape index (κ2) is 10.00. The molecule has 0 atom stereocenters. The maximum absolute atomic E-state index is 12.2. The largest absolute Gasteiger partial charge is 0.493 e. The van der Waals surface area contributed by atoms with E-state index in [9.17, 15) is 4.79 Å². The van der Waals surface area contributed by atoms with Gasteiger partial charge in [0.2, 0.25) is 0 Å². The summed E-state index contributed by atoms with van der Waals surface area (Å²) < 4.78 is 17.7. The number of likely N-dealkylation sites (N-methyl/N-ethyl adjacent to an activating group) is 1. The SMILES string of the molecule is COc1cc(C=C2SC(=S)N(C)C2=O)ccc1OCCCOc1ccc(C)c(C)c1. The summed E-state index contributed by atoms with van der Waals surface area (Å²) in [6, 6.07) is 11.7. The lowest BCUT2D eigenvalue weighted by molar-refractivity contribution is -0.121. The number of ether oxygens (including phenoxy) is 3. The maximum Gasteiger partial charge on any atom is 0.265 e. The summed E-state index contributed by atoms with van der Waals surface area (Å²) in [7, 11) is 3.28. The van der Waals surface area contributed by atoms with Crippen molar-refractivity contribution in [2.45, 2.75) is 20.3 Å². The fourth-order valence-corrected chi connectivity index (χ4v) is 4.00. The van der Waals surface area contributed by atoms with Crippen molar-refractivity contribution in [2.75, 3.05) is 27.4 Å². The van der Waals surface area contributed by atoms with E-state index in [1.807, 2.05) is 36.4 Å². The smallest absolute Gasteiger partial charge is 0.265 e. The lowest BCUT2D eigenvalue weighted by Gasteiger charge is -2.12. The summed E-state index contributed by atoms with van der Waals surface area (Å²) >= 11 is 6.46. The van der Waals surface area contributed by atoms with Crippen LogP contribution in [0.4, 0.5) is 0 Å². The van der Waals surface area contributed by atoms with Gasteiger partial charge in [0.1, 0.15) is 10.1 Å². The molecule has 2 aromatic rings. The molecule has 30 heavy (non-hydrogen) atoms. The topological polar surface area (TPSA) is 48.0 Å². The van der Waals surface area contributed by atoms with E-state index in [1.54, 1.807) is 14.2 Å². The lowest BCUT2D eigenvalue weighted by atomic mass is 10.1. The van der Waals surface area contributed by atoms with Gasteiger partial charge in [-0.05, 0) is 60.9 Å². The Morgan fingerprint density at radius 3 is 2.47 bits per heavy atom. The van der Waals surface area contributed by atoms with Crippen molar-refractivity contribution in [1.29, 1.82) is 0 Å². The summed E-state index contributed by atoms with van der Waals surface area (Å²) in [5, 5.41) is 0. The van der Waals surface area contributed by atoms with Gasteiger partial charge in [0, 0.05) is 13.5 Å². The minimum Gasteiger partial charge on any atom is -0.493 e. The van der Waals surface area contributed by atoms with Crippen molar-refractivity contribution in [3.63, 3.8) is 0 Å². The van der Waals surface area contributed by atoms with Gasteiger partial charge in [0.15, 0.2) is 11.5 Å². The molecule has 1 aliphatic heterocycles. The first-order valence-corrected chi connectivity index (χ1v) is 10.8. The Bertz CT molecular complexity index is 987. The summed E-state index contributed by atoms with van der Waals surface area (Å²) in [5.41, 5.74) is 3.32.